The summed E-state index contributed by atoms with van der Waals surface area (Å²) in [5.41, 5.74) is 0.842. The van der Waals surface area contributed by atoms with E-state index in [9.17, 15) is 18.0 Å². The summed E-state index contributed by atoms with van der Waals surface area (Å²) in [5.74, 6) is 0.342. The number of ether oxygens (including phenoxy) is 2. The van der Waals surface area contributed by atoms with Crippen molar-refractivity contribution in [3.8, 4) is 11.8 Å². The second-order valence-corrected chi connectivity index (χ2v) is 6.23. The summed E-state index contributed by atoms with van der Waals surface area (Å²) in [7, 11) is 0. The van der Waals surface area contributed by atoms with Crippen molar-refractivity contribution in [3.05, 3.63) is 30.0 Å². The summed E-state index contributed by atoms with van der Waals surface area (Å²) in [6.07, 6.45) is 0.723. The fraction of sp³-hybridized carbons (Fsp3) is 0.471. The van der Waals surface area contributed by atoms with E-state index in [-0.39, 0.29) is 17.7 Å². The normalized spacial score (nSPS) is 15.0. The van der Waals surface area contributed by atoms with Gasteiger partial charge < -0.3 is 13.9 Å². The van der Waals surface area contributed by atoms with Gasteiger partial charge in [-0.3, -0.25) is 5.32 Å². The van der Waals surface area contributed by atoms with Gasteiger partial charge in [-0.25, -0.2) is 9.78 Å². The first-order valence-corrected chi connectivity index (χ1v) is 8.40. The van der Waals surface area contributed by atoms with Crippen molar-refractivity contribution in [3.63, 3.8) is 0 Å². The minimum Gasteiger partial charge on any atom is -0.468 e. The number of aromatic nitrogens is 2. The van der Waals surface area contributed by atoms with Crippen LogP contribution in [0.2, 0.25) is 0 Å². The van der Waals surface area contributed by atoms with E-state index in [1.54, 1.807) is 13.0 Å². The summed E-state index contributed by atoms with van der Waals surface area (Å²) in [6, 6.07) is 1.58. The zero-order valence-electron chi connectivity index (χ0n) is 14.5. The summed E-state index contributed by atoms with van der Waals surface area (Å²) in [5, 5.41) is 2.49. The largest absolute Gasteiger partial charge is 0.468 e. The molecule has 0 unspecified atom stereocenters. The van der Waals surface area contributed by atoms with Gasteiger partial charge in [-0.05, 0) is 31.7 Å². The molecule has 1 aliphatic rings. The number of rotatable bonds is 5. The van der Waals surface area contributed by atoms with Crippen molar-refractivity contribution in [2.45, 2.75) is 44.7 Å². The number of hydrogen-bond donors (Lipinski definition) is 1. The number of carbonyl (C=O) groups excluding carboxylic acids is 1. The summed E-state index contributed by atoms with van der Waals surface area (Å²) in [6.45, 7) is 0.169. The Morgan fingerprint density at radius 2 is 2.04 bits per heavy atom. The fourth-order valence-corrected chi connectivity index (χ4v) is 2.96. The lowest BCUT2D eigenvalue weighted by molar-refractivity contribution is -0.154. The molecule has 10 heteroatoms. The van der Waals surface area contributed by atoms with Crippen LogP contribution in [0.25, 0.3) is 0 Å². The maximum Gasteiger partial charge on any atom is 0.422 e. The van der Waals surface area contributed by atoms with Crippen LogP contribution in [-0.4, -0.2) is 28.8 Å². The average molecular weight is 385 g/mol. The van der Waals surface area contributed by atoms with Gasteiger partial charge in [0.05, 0.1) is 11.9 Å². The van der Waals surface area contributed by atoms with Crippen LogP contribution in [-0.2, 0) is 0 Å². The summed E-state index contributed by atoms with van der Waals surface area (Å²) >= 11 is 0. The van der Waals surface area contributed by atoms with Crippen molar-refractivity contribution < 1.29 is 31.9 Å². The van der Waals surface area contributed by atoms with Crippen molar-refractivity contribution in [2.24, 2.45) is 0 Å². The van der Waals surface area contributed by atoms with Crippen molar-refractivity contribution in [2.75, 3.05) is 11.9 Å². The highest BCUT2D eigenvalue weighted by Gasteiger charge is 2.30. The molecule has 1 saturated carbocycles. The van der Waals surface area contributed by atoms with Gasteiger partial charge in [-0.15, -0.1) is 0 Å². The van der Waals surface area contributed by atoms with Crippen molar-refractivity contribution >= 4 is 11.8 Å². The number of nitrogens with zero attached hydrogens (tertiary/aromatic N) is 2. The minimum absolute atomic E-state index is 0.0293. The third kappa shape index (κ3) is 5.11. The Hall–Kier alpha value is -2.78. The van der Waals surface area contributed by atoms with Crippen LogP contribution in [0.1, 0.15) is 42.9 Å². The quantitative estimate of drug-likeness (QED) is 0.810. The summed E-state index contributed by atoms with van der Waals surface area (Å²) < 4.78 is 52.2. The maximum absolute atomic E-state index is 12.5. The number of amides is 1. The van der Waals surface area contributed by atoms with Crippen molar-refractivity contribution in [1.82, 2.24) is 9.97 Å². The van der Waals surface area contributed by atoms with E-state index < -0.39 is 18.9 Å². The molecule has 0 aliphatic heterocycles. The highest BCUT2D eigenvalue weighted by molar-refractivity contribution is 5.86. The first kappa shape index (κ1) is 19.0. The maximum atomic E-state index is 12.5. The molecule has 1 N–H and O–H groups in total. The second kappa shape index (κ2) is 7.85. The van der Waals surface area contributed by atoms with E-state index >= 15 is 0 Å². The van der Waals surface area contributed by atoms with Gasteiger partial charge in [0, 0.05) is 5.56 Å². The third-order valence-corrected chi connectivity index (χ3v) is 4.18. The molecule has 3 rings (SSSR count). The van der Waals surface area contributed by atoms with Crippen LogP contribution in [0.4, 0.5) is 23.7 Å². The van der Waals surface area contributed by atoms with E-state index in [1.807, 2.05) is 0 Å². The first-order chi connectivity index (χ1) is 12.8. The van der Waals surface area contributed by atoms with Crippen molar-refractivity contribution in [1.29, 1.82) is 0 Å². The van der Waals surface area contributed by atoms with Crippen LogP contribution in [0.3, 0.4) is 0 Å². The monoisotopic (exact) mass is 385 g/mol. The van der Waals surface area contributed by atoms with E-state index in [1.165, 1.54) is 6.20 Å². The van der Waals surface area contributed by atoms with Crippen LogP contribution in [0.15, 0.2) is 23.1 Å². The smallest absolute Gasteiger partial charge is 0.422 e. The van der Waals surface area contributed by atoms with Gasteiger partial charge in [0.1, 0.15) is 0 Å². The topological polar surface area (TPSA) is 86.5 Å². The van der Waals surface area contributed by atoms with E-state index in [0.29, 0.717) is 17.0 Å². The molecule has 2 aromatic heterocycles. The zero-order valence-corrected chi connectivity index (χ0v) is 14.5. The third-order valence-electron chi connectivity index (χ3n) is 4.18. The van der Waals surface area contributed by atoms with E-state index in [0.717, 1.165) is 32.1 Å². The van der Waals surface area contributed by atoms with Gasteiger partial charge in [0.15, 0.2) is 18.8 Å². The fourth-order valence-electron chi connectivity index (χ4n) is 2.96. The standard InChI is InChI=1S/C17H18F3N3O4/c1-10-14(22-9-26-10)27-16(24)23-12-6-13(11-4-2-3-5-11)15(21-7-12)25-8-17(18,19)20/h6-7,9,11H,2-5,8H2,1H3,(H,23,24). The zero-order chi connectivity index (χ0) is 19.4. The Morgan fingerprint density at radius 3 is 2.67 bits per heavy atom. The molecule has 0 aromatic carbocycles. The number of halogens is 3. The number of pyridine rings is 1. The predicted octanol–water partition coefficient (Wildman–Crippen LogP) is 4.59. The van der Waals surface area contributed by atoms with Gasteiger partial charge in [-0.2, -0.15) is 18.2 Å². The lowest BCUT2D eigenvalue weighted by Crippen LogP contribution is -2.21. The average Bonchev–Trinajstić information content (AvgIpc) is 3.25. The molecule has 2 heterocycles. The molecule has 0 spiro atoms. The molecule has 0 atom stereocenters. The van der Waals surface area contributed by atoms with Gasteiger partial charge in [0.25, 0.3) is 5.88 Å². The van der Waals surface area contributed by atoms with Crippen LogP contribution >= 0.6 is 0 Å². The van der Waals surface area contributed by atoms with Gasteiger partial charge in [-0.1, -0.05) is 12.8 Å². The molecule has 2 aromatic rings. The lowest BCUT2D eigenvalue weighted by atomic mass is 9.98. The number of alkyl halides is 3. The van der Waals surface area contributed by atoms with Crippen LogP contribution < -0.4 is 14.8 Å². The number of hydrogen-bond acceptors (Lipinski definition) is 6. The molecule has 1 fully saturated rings. The number of oxazole rings is 1. The number of anilines is 1. The van der Waals surface area contributed by atoms with Crippen LogP contribution in [0.5, 0.6) is 11.8 Å². The van der Waals surface area contributed by atoms with E-state index in [2.05, 4.69) is 15.3 Å². The molecule has 27 heavy (non-hydrogen) atoms. The second-order valence-electron chi connectivity index (χ2n) is 6.23. The molecule has 0 radical (unpaired) electrons. The molecular formula is C17H18F3N3O4. The predicted molar refractivity (Wildman–Crippen MR) is 87.9 cm³/mol. The van der Waals surface area contributed by atoms with Gasteiger partial charge >= 0.3 is 12.3 Å². The highest BCUT2D eigenvalue weighted by Crippen LogP contribution is 2.39. The molecule has 0 bridgehead atoms. The Kier molecular flexibility index (Phi) is 5.52. The molecule has 0 saturated heterocycles. The van der Waals surface area contributed by atoms with E-state index in [4.69, 9.17) is 13.9 Å². The molecule has 1 amide bonds. The SMILES string of the molecule is Cc1ocnc1OC(=O)Nc1cnc(OCC(F)(F)F)c(C2CCCC2)c1. The number of nitrogens with one attached hydrogen (secondary N) is 1. The number of carbonyl (C=O) groups is 1. The molecular weight excluding hydrogens is 367 g/mol. The Balaban J connectivity index is 1.74. The Labute approximate surface area is 152 Å². The minimum atomic E-state index is -4.45. The summed E-state index contributed by atoms with van der Waals surface area (Å²) in [4.78, 5) is 19.7. The first-order valence-electron chi connectivity index (χ1n) is 8.40. The van der Waals surface area contributed by atoms with Crippen LogP contribution in [0, 0.1) is 6.92 Å². The molecule has 7 nitrogen and oxygen atoms in total. The Morgan fingerprint density at radius 1 is 1.30 bits per heavy atom. The highest BCUT2D eigenvalue weighted by atomic mass is 19.4. The lowest BCUT2D eigenvalue weighted by Gasteiger charge is -2.17. The Bertz CT molecular complexity index is 801. The van der Waals surface area contributed by atoms with Gasteiger partial charge in [0.2, 0.25) is 5.88 Å². The molecule has 146 valence electrons. The molecule has 1 aliphatic carbocycles. The number of aryl methyl sites for hydroxylation is 1.